The van der Waals surface area contributed by atoms with Crippen LogP contribution >= 0.6 is 0 Å². The fraction of sp³-hybridized carbons (Fsp3) is 0.346. The lowest BCUT2D eigenvalue weighted by Gasteiger charge is -2.24. The number of rotatable bonds is 5. The number of carbonyl (C=O) groups is 2. The molecule has 1 saturated heterocycles. The van der Waals surface area contributed by atoms with Crippen molar-refractivity contribution in [2.75, 3.05) is 51.4 Å². The van der Waals surface area contributed by atoms with Gasteiger partial charge in [0, 0.05) is 38.0 Å². The summed E-state index contributed by atoms with van der Waals surface area (Å²) in [6, 6.07) is 10.3. The zero-order valence-electron chi connectivity index (χ0n) is 20.3. The summed E-state index contributed by atoms with van der Waals surface area (Å²) in [5, 5.41) is 10.4. The van der Waals surface area contributed by atoms with Gasteiger partial charge in [-0.2, -0.15) is 0 Å². The molecule has 0 radical (unpaired) electrons. The van der Waals surface area contributed by atoms with Gasteiger partial charge in [-0.25, -0.2) is 4.98 Å². The average molecular weight is 503 g/mol. The van der Waals surface area contributed by atoms with Crippen LogP contribution in [0.5, 0.6) is 5.75 Å². The molecule has 4 heterocycles. The topological polar surface area (TPSA) is 123 Å². The van der Waals surface area contributed by atoms with Gasteiger partial charge in [0.05, 0.1) is 26.2 Å². The van der Waals surface area contributed by atoms with Crippen LogP contribution in [0.4, 0.5) is 5.82 Å². The van der Waals surface area contributed by atoms with E-state index >= 15 is 0 Å². The second-order valence-electron chi connectivity index (χ2n) is 8.63. The Hall–Kier alpha value is -4.27. The number of fused-ring (bicyclic) bond motifs is 1. The maximum atomic E-state index is 13.0. The van der Waals surface area contributed by atoms with E-state index in [1.165, 1.54) is 4.90 Å². The molecule has 0 saturated carbocycles. The molecule has 2 aliphatic rings. The molecule has 0 aliphatic carbocycles. The fourth-order valence-electron chi connectivity index (χ4n) is 3.97. The Labute approximate surface area is 213 Å². The molecule has 2 aliphatic heterocycles. The molecule has 11 nitrogen and oxygen atoms in total. The Morgan fingerprint density at radius 3 is 2.81 bits per heavy atom. The quantitative estimate of drug-likeness (QED) is 0.507. The van der Waals surface area contributed by atoms with Crippen molar-refractivity contribution in [2.24, 2.45) is 0 Å². The van der Waals surface area contributed by atoms with Gasteiger partial charge in [0.2, 0.25) is 5.89 Å². The summed E-state index contributed by atoms with van der Waals surface area (Å²) in [4.78, 5) is 33.7. The van der Waals surface area contributed by atoms with Gasteiger partial charge in [0.25, 0.3) is 5.91 Å². The summed E-state index contributed by atoms with van der Waals surface area (Å²) < 4.78 is 16.7. The molecule has 1 unspecified atom stereocenters. The summed E-state index contributed by atoms with van der Waals surface area (Å²) in [6.07, 6.45) is 2.00. The minimum Gasteiger partial charge on any atom is -0.487 e. The van der Waals surface area contributed by atoms with Crippen LogP contribution < -0.4 is 15.0 Å². The maximum absolute atomic E-state index is 13.0. The maximum Gasteiger partial charge on any atom is 0.309 e. The van der Waals surface area contributed by atoms with E-state index in [9.17, 15) is 9.59 Å². The number of likely N-dealkylation sites (N-methyl/N-ethyl adjacent to an activating group) is 1. The number of nitrogens with one attached hydrogen (secondary N) is 1. The second-order valence-corrected chi connectivity index (χ2v) is 8.63. The number of ether oxygens (including phenoxy) is 2. The van der Waals surface area contributed by atoms with Crippen LogP contribution in [0, 0.1) is 11.8 Å². The van der Waals surface area contributed by atoms with Gasteiger partial charge in [-0.05, 0) is 5.56 Å². The molecule has 1 N–H and O–H groups in total. The van der Waals surface area contributed by atoms with Crippen LogP contribution in [-0.2, 0) is 16.0 Å². The third-order valence-electron chi connectivity index (χ3n) is 5.99. The van der Waals surface area contributed by atoms with Crippen molar-refractivity contribution >= 4 is 17.6 Å². The zero-order valence-corrected chi connectivity index (χ0v) is 20.3. The van der Waals surface area contributed by atoms with Crippen molar-refractivity contribution in [3.63, 3.8) is 0 Å². The Balaban J connectivity index is 1.22. The molecule has 3 aromatic rings. The van der Waals surface area contributed by atoms with Crippen molar-refractivity contribution in [1.82, 2.24) is 25.4 Å². The van der Waals surface area contributed by atoms with Crippen LogP contribution in [0.2, 0.25) is 0 Å². The number of hydrogen-bond acceptors (Lipinski definition) is 9. The third kappa shape index (κ3) is 5.94. The first-order chi connectivity index (χ1) is 18.1. The Kier molecular flexibility index (Phi) is 7.39. The first-order valence-electron chi connectivity index (χ1n) is 11.9. The van der Waals surface area contributed by atoms with Crippen LogP contribution in [0.3, 0.4) is 0 Å². The molecule has 190 valence electrons. The molecule has 2 aromatic heterocycles. The number of morpholine rings is 1. The summed E-state index contributed by atoms with van der Waals surface area (Å²) in [5.74, 6) is 6.05. The minimum absolute atomic E-state index is 0.0841. The number of nitrogens with zero attached hydrogens (tertiary/aromatic N) is 5. The van der Waals surface area contributed by atoms with Crippen molar-refractivity contribution in [3.8, 4) is 17.6 Å². The number of carbonyl (C=O) groups excluding carboxylic acids is 2. The number of anilines is 1. The van der Waals surface area contributed by atoms with Crippen LogP contribution in [0.1, 0.15) is 27.7 Å². The van der Waals surface area contributed by atoms with Gasteiger partial charge in [-0.1, -0.05) is 42.2 Å². The second kappa shape index (κ2) is 11.2. The van der Waals surface area contributed by atoms with Crippen LogP contribution in [-0.4, -0.2) is 84.4 Å². The van der Waals surface area contributed by atoms with E-state index in [1.807, 2.05) is 30.3 Å². The number of hydrogen-bond donors (Lipinski definition) is 1. The summed E-state index contributed by atoms with van der Waals surface area (Å²) in [6.45, 7) is 3.71. The lowest BCUT2D eigenvalue weighted by atomic mass is 10.2. The van der Waals surface area contributed by atoms with Gasteiger partial charge in [0.15, 0.2) is 11.6 Å². The SMILES string of the molecule is CN1C(=O)C(NC(=O)c2nnc(Cc3ccccc3)o2)COc2cc(C#CCN3CCOCC3)cnc21. The molecular weight excluding hydrogens is 476 g/mol. The van der Waals surface area contributed by atoms with E-state index < -0.39 is 11.9 Å². The molecule has 2 amide bonds. The third-order valence-corrected chi connectivity index (χ3v) is 5.99. The standard InChI is InChI=1S/C26H26N6O5/c1-31-23-21(14-19(16-27-23)8-5-9-32-10-12-35-13-11-32)36-17-20(26(31)34)28-24(33)25-30-29-22(37-25)15-18-6-3-2-4-7-18/h2-4,6-7,14,16,20H,9-13,15,17H2,1H3,(H,28,33). The van der Waals surface area contributed by atoms with Crippen LogP contribution in [0.15, 0.2) is 47.0 Å². The first kappa shape index (κ1) is 24.4. The zero-order chi connectivity index (χ0) is 25.6. The normalized spacial score (nSPS) is 17.7. The largest absolute Gasteiger partial charge is 0.487 e. The van der Waals surface area contributed by atoms with E-state index in [2.05, 4.69) is 37.2 Å². The Morgan fingerprint density at radius 2 is 2.00 bits per heavy atom. The van der Waals surface area contributed by atoms with Crippen LogP contribution in [0.25, 0.3) is 0 Å². The van der Waals surface area contributed by atoms with E-state index in [4.69, 9.17) is 13.9 Å². The van der Waals surface area contributed by atoms with Gasteiger partial charge < -0.3 is 19.2 Å². The Bertz CT molecular complexity index is 1330. The highest BCUT2D eigenvalue weighted by Crippen LogP contribution is 2.29. The number of pyridine rings is 1. The molecule has 11 heteroatoms. The lowest BCUT2D eigenvalue weighted by molar-refractivity contribution is -0.120. The minimum atomic E-state index is -0.966. The van der Waals surface area contributed by atoms with Crippen molar-refractivity contribution in [3.05, 3.63) is 65.5 Å². The molecule has 0 spiro atoms. The summed E-state index contributed by atoms with van der Waals surface area (Å²) in [7, 11) is 1.58. The average Bonchev–Trinajstić information content (AvgIpc) is 3.36. The highest BCUT2D eigenvalue weighted by molar-refractivity contribution is 6.01. The number of aromatic nitrogens is 3. The molecule has 1 fully saturated rings. The summed E-state index contributed by atoms with van der Waals surface area (Å²) in [5.41, 5.74) is 1.65. The number of benzene rings is 1. The predicted octanol–water partition coefficient (Wildman–Crippen LogP) is 0.893. The Morgan fingerprint density at radius 1 is 1.19 bits per heavy atom. The first-order valence-corrected chi connectivity index (χ1v) is 11.9. The van der Waals surface area contributed by atoms with Crippen molar-refractivity contribution in [1.29, 1.82) is 0 Å². The molecular formula is C26H26N6O5. The molecule has 1 aromatic carbocycles. The van der Waals surface area contributed by atoms with E-state index in [0.29, 0.717) is 36.0 Å². The van der Waals surface area contributed by atoms with Gasteiger partial charge in [-0.15, -0.1) is 10.2 Å². The number of amides is 2. The van der Waals surface area contributed by atoms with Crippen molar-refractivity contribution in [2.45, 2.75) is 12.5 Å². The molecule has 0 bridgehead atoms. The summed E-state index contributed by atoms with van der Waals surface area (Å²) >= 11 is 0. The van der Waals surface area contributed by atoms with E-state index in [-0.39, 0.29) is 18.4 Å². The van der Waals surface area contributed by atoms with Gasteiger partial charge in [0.1, 0.15) is 12.6 Å². The molecule has 37 heavy (non-hydrogen) atoms. The predicted molar refractivity (Wildman–Crippen MR) is 132 cm³/mol. The van der Waals surface area contributed by atoms with E-state index in [0.717, 1.165) is 31.9 Å². The lowest BCUT2D eigenvalue weighted by Crippen LogP contribution is -2.49. The highest BCUT2D eigenvalue weighted by atomic mass is 16.5. The van der Waals surface area contributed by atoms with Gasteiger partial charge in [-0.3, -0.25) is 19.4 Å². The molecule has 5 rings (SSSR count). The van der Waals surface area contributed by atoms with Gasteiger partial charge >= 0.3 is 11.8 Å². The molecule has 1 atom stereocenters. The fourth-order valence-corrected chi connectivity index (χ4v) is 3.97. The monoisotopic (exact) mass is 502 g/mol. The smallest absolute Gasteiger partial charge is 0.309 e. The highest BCUT2D eigenvalue weighted by Gasteiger charge is 2.32. The van der Waals surface area contributed by atoms with Crippen molar-refractivity contribution < 1.29 is 23.5 Å². The van der Waals surface area contributed by atoms with E-state index in [1.54, 1.807) is 19.3 Å².